The zero-order valence-corrected chi connectivity index (χ0v) is 13.4. The van der Waals surface area contributed by atoms with E-state index in [2.05, 4.69) is 0 Å². The molecule has 1 aliphatic heterocycles. The van der Waals surface area contributed by atoms with Crippen molar-refractivity contribution in [2.24, 2.45) is 0 Å². The first-order chi connectivity index (χ1) is 10.2. The van der Waals surface area contributed by atoms with Crippen LogP contribution in [0.5, 0.6) is 0 Å². The molecule has 0 amide bonds. The molecule has 0 spiro atoms. The van der Waals surface area contributed by atoms with E-state index in [0.29, 0.717) is 12.1 Å². The van der Waals surface area contributed by atoms with Gasteiger partial charge in [0.2, 0.25) is 0 Å². The Morgan fingerprint density at radius 2 is 1.48 bits per heavy atom. The molecule has 0 aliphatic carbocycles. The van der Waals surface area contributed by atoms with Crippen molar-refractivity contribution in [1.29, 1.82) is 0 Å². The van der Waals surface area contributed by atoms with E-state index in [1.807, 2.05) is 0 Å². The Hall–Kier alpha value is -1.09. The number of hydrogen-bond donors (Lipinski definition) is 0. The van der Waals surface area contributed by atoms with Gasteiger partial charge in [-0.05, 0) is 38.5 Å². The van der Waals surface area contributed by atoms with Crippen molar-refractivity contribution in [2.75, 3.05) is 6.54 Å². The summed E-state index contributed by atoms with van der Waals surface area (Å²) >= 11 is 0. The highest BCUT2D eigenvalue weighted by Gasteiger charge is 2.73. The largest absolute Gasteiger partial charge is 0.416 e. The highest BCUT2D eigenvalue weighted by Crippen LogP contribution is 2.56. The lowest BCUT2D eigenvalue weighted by molar-refractivity contribution is -0.168. The molecule has 130 valence electrons. The van der Waals surface area contributed by atoms with E-state index in [4.69, 9.17) is 0 Å². The Balaban J connectivity index is 2.42. The molecule has 1 aromatic carbocycles. The summed E-state index contributed by atoms with van der Waals surface area (Å²) in [6.45, 7) is 4.08. The van der Waals surface area contributed by atoms with Crippen LogP contribution in [0, 0.1) is 0 Å². The molecule has 23 heavy (non-hydrogen) atoms. The predicted octanol–water partition coefficient (Wildman–Crippen LogP) is 4.24. The van der Waals surface area contributed by atoms with Crippen LogP contribution in [0.1, 0.15) is 31.9 Å². The van der Waals surface area contributed by atoms with Crippen molar-refractivity contribution in [3.05, 3.63) is 35.4 Å². The van der Waals surface area contributed by atoms with E-state index < -0.39 is 45.7 Å². The number of rotatable bonds is 2. The second kappa shape index (κ2) is 5.20. The quantitative estimate of drug-likeness (QED) is 0.571. The summed E-state index contributed by atoms with van der Waals surface area (Å²) < 4.78 is 90.3. The molecule has 1 fully saturated rings. The van der Waals surface area contributed by atoms with Crippen LogP contribution in [0.15, 0.2) is 24.3 Å². The van der Waals surface area contributed by atoms with Crippen molar-refractivity contribution in [3.8, 4) is 0 Å². The zero-order valence-electron chi connectivity index (χ0n) is 12.5. The van der Waals surface area contributed by atoms with Crippen LogP contribution in [0.3, 0.4) is 0 Å². The van der Waals surface area contributed by atoms with Crippen LogP contribution in [0.25, 0.3) is 0 Å². The van der Waals surface area contributed by atoms with E-state index in [0.717, 1.165) is 16.4 Å². The Bertz CT molecular complexity index is 616. The summed E-state index contributed by atoms with van der Waals surface area (Å²) in [7, 11) is -1.93. The highest BCUT2D eigenvalue weighted by molar-refractivity contribution is 7.84. The summed E-state index contributed by atoms with van der Waals surface area (Å²) in [5.74, 6) is 0. The van der Waals surface area contributed by atoms with Crippen LogP contribution >= 0.6 is 0 Å². The standard InChI is InChI=1S/C14H15F6NOS/c1-11(2,3)23(22)21-8-12(21,14(18,19)20)9-4-6-10(7-5-9)13(15,16)17/h4-7H,8H2,1-3H3/t12-,21?,23?/m0/s1. The topological polar surface area (TPSA) is 20.1 Å². The maximum Gasteiger partial charge on any atom is 0.416 e. The van der Waals surface area contributed by atoms with Crippen molar-refractivity contribution < 1.29 is 30.6 Å². The third-order valence-corrected chi connectivity index (χ3v) is 5.47. The van der Waals surface area contributed by atoms with Crippen LogP contribution < -0.4 is 0 Å². The molecule has 1 heterocycles. The molecule has 3 atom stereocenters. The molecule has 1 aliphatic rings. The van der Waals surface area contributed by atoms with Gasteiger partial charge in [0.25, 0.3) is 0 Å². The van der Waals surface area contributed by atoms with Crippen molar-refractivity contribution >= 4 is 11.0 Å². The molecule has 0 radical (unpaired) electrons. The summed E-state index contributed by atoms with van der Waals surface area (Å²) in [5.41, 5.74) is -3.85. The number of benzene rings is 1. The second-order valence-electron chi connectivity index (χ2n) is 6.33. The third-order valence-electron chi connectivity index (χ3n) is 3.58. The Morgan fingerprint density at radius 3 is 1.83 bits per heavy atom. The fourth-order valence-electron chi connectivity index (χ4n) is 2.27. The van der Waals surface area contributed by atoms with E-state index in [-0.39, 0.29) is 5.56 Å². The Kier molecular flexibility index (Phi) is 4.13. The van der Waals surface area contributed by atoms with Crippen LogP contribution in [-0.2, 0) is 22.7 Å². The van der Waals surface area contributed by atoms with Gasteiger partial charge in [-0.1, -0.05) is 12.1 Å². The first-order valence-electron chi connectivity index (χ1n) is 6.65. The van der Waals surface area contributed by atoms with Crippen LogP contribution in [-0.4, -0.2) is 26.0 Å². The lowest BCUT2D eigenvalue weighted by atomic mass is 9.97. The van der Waals surface area contributed by atoms with Crippen molar-refractivity contribution in [2.45, 2.75) is 43.4 Å². The third kappa shape index (κ3) is 3.13. The molecule has 2 nitrogen and oxygen atoms in total. The van der Waals surface area contributed by atoms with Crippen LogP contribution in [0.4, 0.5) is 26.3 Å². The Labute approximate surface area is 132 Å². The average Bonchev–Trinajstić information content (AvgIpc) is 3.12. The molecule has 1 saturated heterocycles. The molecule has 0 N–H and O–H groups in total. The fourth-order valence-corrected chi connectivity index (χ4v) is 3.73. The number of hydrogen-bond acceptors (Lipinski definition) is 1. The molecular formula is C14H15F6NOS. The number of halogens is 6. The van der Waals surface area contributed by atoms with E-state index in [1.165, 1.54) is 20.8 Å². The molecule has 1 aromatic rings. The van der Waals surface area contributed by atoms with E-state index in [1.54, 1.807) is 0 Å². The summed E-state index contributed by atoms with van der Waals surface area (Å²) in [6.07, 6.45) is -9.37. The van der Waals surface area contributed by atoms with E-state index >= 15 is 0 Å². The van der Waals surface area contributed by atoms with Crippen LogP contribution in [0.2, 0.25) is 0 Å². The molecule has 0 saturated carbocycles. The lowest BCUT2D eigenvalue weighted by Crippen LogP contribution is -2.38. The number of alkyl halides is 6. The minimum atomic E-state index is -4.74. The first kappa shape index (κ1) is 18.3. The normalized spacial score (nSPS) is 26.9. The van der Waals surface area contributed by atoms with E-state index in [9.17, 15) is 30.6 Å². The predicted molar refractivity (Wildman–Crippen MR) is 73.8 cm³/mol. The summed E-state index contributed by atoms with van der Waals surface area (Å²) in [5, 5.41) is 0. The highest BCUT2D eigenvalue weighted by atomic mass is 32.2. The molecule has 0 aromatic heterocycles. The van der Waals surface area contributed by atoms with Gasteiger partial charge >= 0.3 is 12.4 Å². The maximum atomic E-state index is 13.5. The van der Waals surface area contributed by atoms with Gasteiger partial charge in [0.05, 0.1) is 10.3 Å². The average molecular weight is 359 g/mol. The first-order valence-corrected chi connectivity index (χ1v) is 7.76. The smallest absolute Gasteiger partial charge is 0.242 e. The van der Waals surface area contributed by atoms with Crippen molar-refractivity contribution in [1.82, 2.24) is 4.31 Å². The lowest BCUT2D eigenvalue weighted by Gasteiger charge is -2.25. The minimum Gasteiger partial charge on any atom is -0.242 e. The number of nitrogens with zero attached hydrogens (tertiary/aromatic N) is 1. The van der Waals surface area contributed by atoms with Gasteiger partial charge < -0.3 is 0 Å². The maximum absolute atomic E-state index is 13.5. The molecular weight excluding hydrogens is 344 g/mol. The molecule has 2 rings (SSSR count). The van der Waals surface area contributed by atoms with Crippen molar-refractivity contribution in [3.63, 3.8) is 0 Å². The molecule has 0 bridgehead atoms. The van der Waals surface area contributed by atoms with Gasteiger partial charge in [0.1, 0.15) is 11.0 Å². The van der Waals surface area contributed by atoms with Gasteiger partial charge in [-0.3, -0.25) is 0 Å². The van der Waals surface area contributed by atoms with Gasteiger partial charge in [-0.25, -0.2) is 8.51 Å². The fraction of sp³-hybridized carbons (Fsp3) is 0.571. The monoisotopic (exact) mass is 359 g/mol. The zero-order chi connectivity index (χ0) is 17.8. The van der Waals surface area contributed by atoms with Gasteiger partial charge in [-0.2, -0.15) is 26.3 Å². The Morgan fingerprint density at radius 1 is 1.00 bits per heavy atom. The molecule has 9 heteroatoms. The molecule has 2 unspecified atom stereocenters. The van der Waals surface area contributed by atoms with Gasteiger partial charge in [0, 0.05) is 6.54 Å². The summed E-state index contributed by atoms with van der Waals surface area (Å²) in [6, 6.07) is 2.82. The van der Waals surface area contributed by atoms with Gasteiger partial charge in [-0.15, -0.1) is 0 Å². The second-order valence-corrected chi connectivity index (χ2v) is 8.50. The SMILES string of the molecule is CC(C)(C)S(=O)N1C[C@]1(c1ccc(C(F)(F)F)cc1)C(F)(F)F. The van der Waals surface area contributed by atoms with Gasteiger partial charge in [0.15, 0.2) is 5.54 Å². The minimum absolute atomic E-state index is 0.337. The summed E-state index contributed by atoms with van der Waals surface area (Å²) in [4.78, 5) is 0.